The summed E-state index contributed by atoms with van der Waals surface area (Å²) in [5.41, 5.74) is 0. The van der Waals surface area contributed by atoms with Gasteiger partial charge in [0.05, 0.1) is 13.0 Å². The number of rotatable bonds is 7. The van der Waals surface area contributed by atoms with E-state index in [9.17, 15) is 22.8 Å². The van der Waals surface area contributed by atoms with Gasteiger partial charge in [0, 0.05) is 12.6 Å². The van der Waals surface area contributed by atoms with E-state index in [0.29, 0.717) is 0 Å². The normalized spacial score (nSPS) is 15.8. The molecule has 104 valence electrons. The topological polar surface area (TPSA) is 69.6 Å². The monoisotopic (exact) mass is 268 g/mol. The van der Waals surface area contributed by atoms with Crippen LogP contribution in [0.4, 0.5) is 13.2 Å². The number of halogens is 3. The molecule has 0 heterocycles. The summed E-state index contributed by atoms with van der Waals surface area (Å²) in [6.07, 6.45) is -2.84. The molecule has 1 fully saturated rings. The van der Waals surface area contributed by atoms with Crippen LogP contribution in [-0.2, 0) is 9.59 Å². The quantitative estimate of drug-likeness (QED) is 0.709. The van der Waals surface area contributed by atoms with E-state index in [2.05, 4.69) is 0 Å². The molecule has 0 atom stereocenters. The van der Waals surface area contributed by atoms with Crippen LogP contribution >= 0.6 is 0 Å². The van der Waals surface area contributed by atoms with Crippen LogP contribution in [0, 0.1) is 0 Å². The molecule has 0 saturated heterocycles. The van der Waals surface area contributed by atoms with Gasteiger partial charge in [-0.1, -0.05) is 0 Å². The van der Waals surface area contributed by atoms with Crippen molar-refractivity contribution in [2.75, 3.05) is 19.6 Å². The van der Waals surface area contributed by atoms with E-state index in [1.165, 1.54) is 0 Å². The maximum atomic E-state index is 11.9. The van der Waals surface area contributed by atoms with Gasteiger partial charge in [-0.15, -0.1) is 0 Å². The third-order valence-electron chi connectivity index (χ3n) is 2.51. The van der Waals surface area contributed by atoms with Crippen molar-refractivity contribution in [2.45, 2.75) is 31.5 Å². The van der Waals surface area contributed by atoms with Gasteiger partial charge in [0.1, 0.15) is 6.54 Å². The third kappa shape index (κ3) is 6.43. The Bertz CT molecular complexity index is 316. The Morgan fingerprint density at radius 2 is 1.94 bits per heavy atom. The molecule has 2 N–H and O–H groups in total. The zero-order valence-electron chi connectivity index (χ0n) is 9.66. The predicted octanol–water partition coefficient (Wildman–Crippen LogP) is 0.604. The van der Waals surface area contributed by atoms with E-state index < -0.39 is 24.6 Å². The average Bonchev–Trinajstić information content (AvgIpc) is 3.03. The number of alkyl halides is 3. The lowest BCUT2D eigenvalue weighted by Crippen LogP contribution is -2.42. The van der Waals surface area contributed by atoms with Crippen molar-refractivity contribution >= 4 is 11.9 Å². The molecule has 18 heavy (non-hydrogen) atoms. The number of nitrogens with zero attached hydrogens (tertiary/aromatic N) is 1. The average molecular weight is 268 g/mol. The van der Waals surface area contributed by atoms with Crippen LogP contribution in [0.5, 0.6) is 0 Å². The van der Waals surface area contributed by atoms with Gasteiger partial charge < -0.3 is 10.4 Å². The summed E-state index contributed by atoms with van der Waals surface area (Å²) in [6, 6.07) is 0.126. The van der Waals surface area contributed by atoms with Crippen molar-refractivity contribution in [3.8, 4) is 0 Å². The van der Waals surface area contributed by atoms with Crippen molar-refractivity contribution in [1.29, 1.82) is 0 Å². The maximum absolute atomic E-state index is 11.9. The minimum atomic E-state index is -4.43. The van der Waals surface area contributed by atoms with Crippen LogP contribution < -0.4 is 5.32 Å². The van der Waals surface area contributed by atoms with E-state index >= 15 is 0 Å². The van der Waals surface area contributed by atoms with E-state index in [0.717, 1.165) is 12.8 Å². The Balaban J connectivity index is 2.31. The van der Waals surface area contributed by atoms with Gasteiger partial charge in [0.2, 0.25) is 5.91 Å². The van der Waals surface area contributed by atoms with Gasteiger partial charge in [-0.05, 0) is 12.8 Å². The van der Waals surface area contributed by atoms with E-state index in [1.807, 2.05) is 0 Å². The molecule has 1 saturated carbocycles. The Hall–Kier alpha value is -1.31. The molecule has 1 aliphatic carbocycles. The first-order valence-corrected chi connectivity index (χ1v) is 5.57. The molecule has 1 aliphatic rings. The highest BCUT2D eigenvalue weighted by Gasteiger charge is 2.32. The summed E-state index contributed by atoms with van der Waals surface area (Å²) in [5, 5.41) is 10.3. The number of carboxylic acids is 1. The molecule has 0 radical (unpaired) electrons. The molecule has 1 rings (SSSR count). The minimum Gasteiger partial charge on any atom is -0.481 e. The number of carbonyl (C=O) groups is 2. The fraction of sp³-hybridized carbons (Fsp3) is 0.800. The predicted molar refractivity (Wildman–Crippen MR) is 55.9 cm³/mol. The van der Waals surface area contributed by atoms with E-state index in [1.54, 1.807) is 10.2 Å². The van der Waals surface area contributed by atoms with Gasteiger partial charge in [-0.3, -0.25) is 14.5 Å². The zero-order valence-corrected chi connectivity index (χ0v) is 9.66. The number of aliphatic carboxylic acids is 1. The first-order valence-electron chi connectivity index (χ1n) is 5.57. The fourth-order valence-electron chi connectivity index (χ4n) is 1.51. The van der Waals surface area contributed by atoms with Crippen LogP contribution in [0.15, 0.2) is 0 Å². The minimum absolute atomic E-state index is 0.122. The molecule has 1 amide bonds. The summed E-state index contributed by atoms with van der Waals surface area (Å²) in [4.78, 5) is 23.3. The standard InChI is InChI=1S/C10H15F3N2O3/c11-10(12,13)6-14-8(16)5-15(7-1-2-7)4-3-9(17)18/h7H,1-6H2,(H,14,16)(H,17,18). The number of hydrogen-bond acceptors (Lipinski definition) is 3. The molecule has 5 nitrogen and oxygen atoms in total. The number of carboxylic acid groups (broad SMARTS) is 1. The highest BCUT2D eigenvalue weighted by molar-refractivity contribution is 5.78. The van der Waals surface area contributed by atoms with Crippen LogP contribution in [-0.4, -0.2) is 53.7 Å². The Kier molecular flexibility index (Phi) is 4.94. The van der Waals surface area contributed by atoms with Crippen LogP contribution in [0.2, 0.25) is 0 Å². The molecule has 0 unspecified atom stereocenters. The van der Waals surface area contributed by atoms with Crippen LogP contribution in [0.1, 0.15) is 19.3 Å². The zero-order chi connectivity index (χ0) is 13.8. The Morgan fingerprint density at radius 1 is 1.33 bits per heavy atom. The van der Waals surface area contributed by atoms with Gasteiger partial charge >= 0.3 is 12.1 Å². The number of nitrogens with one attached hydrogen (secondary N) is 1. The molecule has 8 heteroatoms. The van der Waals surface area contributed by atoms with Gasteiger partial charge in [-0.2, -0.15) is 13.2 Å². The lowest BCUT2D eigenvalue weighted by molar-refractivity contribution is -0.140. The summed E-state index contributed by atoms with van der Waals surface area (Å²) in [7, 11) is 0. The molecular formula is C10H15F3N2O3. The maximum Gasteiger partial charge on any atom is 0.405 e. The smallest absolute Gasteiger partial charge is 0.405 e. The molecule has 0 aliphatic heterocycles. The lowest BCUT2D eigenvalue weighted by atomic mass is 10.3. The van der Waals surface area contributed by atoms with Crippen molar-refractivity contribution < 1.29 is 27.9 Å². The van der Waals surface area contributed by atoms with Crippen LogP contribution in [0.3, 0.4) is 0 Å². The molecule has 0 aromatic carbocycles. The van der Waals surface area contributed by atoms with Crippen molar-refractivity contribution in [1.82, 2.24) is 10.2 Å². The van der Waals surface area contributed by atoms with Gasteiger partial charge in [0.15, 0.2) is 0 Å². The van der Waals surface area contributed by atoms with Gasteiger partial charge in [-0.25, -0.2) is 0 Å². The van der Waals surface area contributed by atoms with Gasteiger partial charge in [0.25, 0.3) is 0 Å². The summed E-state index contributed by atoms with van der Waals surface area (Å²) < 4.78 is 35.6. The molecule has 0 aromatic heterocycles. The fourth-order valence-corrected chi connectivity index (χ4v) is 1.51. The Labute approximate surface area is 102 Å². The second-order valence-electron chi connectivity index (χ2n) is 4.24. The molecule has 0 spiro atoms. The summed E-state index contributed by atoms with van der Waals surface area (Å²) >= 11 is 0. The van der Waals surface area contributed by atoms with E-state index in [4.69, 9.17) is 5.11 Å². The summed E-state index contributed by atoms with van der Waals surface area (Å²) in [5.74, 6) is -1.72. The first kappa shape index (κ1) is 14.7. The Morgan fingerprint density at radius 3 is 2.39 bits per heavy atom. The highest BCUT2D eigenvalue weighted by atomic mass is 19.4. The van der Waals surface area contributed by atoms with Crippen LogP contribution in [0.25, 0.3) is 0 Å². The third-order valence-corrected chi connectivity index (χ3v) is 2.51. The van der Waals surface area contributed by atoms with Crippen molar-refractivity contribution in [3.05, 3.63) is 0 Å². The summed E-state index contributed by atoms with van der Waals surface area (Å²) in [6.45, 7) is -1.36. The van der Waals surface area contributed by atoms with Crippen molar-refractivity contribution in [3.63, 3.8) is 0 Å². The molecule has 0 aromatic rings. The lowest BCUT2D eigenvalue weighted by Gasteiger charge is -2.20. The first-order chi connectivity index (χ1) is 8.28. The number of amides is 1. The highest BCUT2D eigenvalue weighted by Crippen LogP contribution is 2.26. The number of carbonyl (C=O) groups excluding carboxylic acids is 1. The SMILES string of the molecule is O=C(O)CCN(CC(=O)NCC(F)(F)F)C1CC1. The molecule has 0 bridgehead atoms. The second-order valence-corrected chi connectivity index (χ2v) is 4.24. The van der Waals surface area contributed by atoms with E-state index in [-0.39, 0.29) is 25.6 Å². The molecular weight excluding hydrogens is 253 g/mol. The largest absolute Gasteiger partial charge is 0.481 e. The number of hydrogen-bond donors (Lipinski definition) is 2. The second kappa shape index (κ2) is 6.03. The van der Waals surface area contributed by atoms with Crippen molar-refractivity contribution in [2.24, 2.45) is 0 Å².